The van der Waals surface area contributed by atoms with Crippen LogP contribution in [0.3, 0.4) is 0 Å². The van der Waals surface area contributed by atoms with Crippen LogP contribution in [0.1, 0.15) is 18.9 Å². The lowest BCUT2D eigenvalue weighted by atomic mass is 10.0. The first-order valence-corrected chi connectivity index (χ1v) is 4.98. The van der Waals surface area contributed by atoms with Crippen LogP contribution in [0.15, 0.2) is 34.5 Å². The highest BCUT2D eigenvalue weighted by molar-refractivity contribution is 5.38. The van der Waals surface area contributed by atoms with E-state index in [9.17, 15) is 0 Å². The molecule has 0 N–H and O–H groups in total. The molecule has 0 unspecified atom stereocenters. The van der Waals surface area contributed by atoms with Crippen LogP contribution in [0, 0.1) is 29.6 Å². The Morgan fingerprint density at radius 2 is 1.75 bits per heavy atom. The number of hydrogen-bond acceptors (Lipinski definition) is 4. The molecule has 1 aromatic carbocycles. The third-order valence-electron chi connectivity index (χ3n) is 2.25. The quantitative estimate of drug-likeness (QED) is 0.721. The molecule has 0 aromatic heterocycles. The number of aryl methyl sites for hydroxylation is 1. The Hall–Kier alpha value is -2.20. The molecule has 0 saturated heterocycles. The van der Waals surface area contributed by atoms with Crippen molar-refractivity contribution in [3.8, 4) is 12.1 Å². The summed E-state index contributed by atoms with van der Waals surface area (Å²) in [6, 6.07) is 11.2. The third-order valence-corrected chi connectivity index (χ3v) is 2.25. The van der Waals surface area contributed by atoms with Crippen LogP contribution in [0.4, 0.5) is 5.69 Å². The van der Waals surface area contributed by atoms with Gasteiger partial charge in [-0.25, -0.2) is 0 Å². The van der Waals surface area contributed by atoms with Gasteiger partial charge < -0.3 is 0 Å². The molecule has 0 saturated carbocycles. The van der Waals surface area contributed by atoms with Gasteiger partial charge in [0.1, 0.15) is 12.1 Å². The van der Waals surface area contributed by atoms with Gasteiger partial charge in [-0.05, 0) is 25.5 Å². The SMILES string of the molecule is CCC(C#N)(C#N)N=Nc1ccc(C)cc1. The largest absolute Gasteiger partial charge is 0.252 e. The van der Waals surface area contributed by atoms with Gasteiger partial charge in [0.2, 0.25) is 0 Å². The number of azo groups is 1. The number of benzene rings is 1. The first kappa shape index (κ1) is 11.9. The highest BCUT2D eigenvalue weighted by Crippen LogP contribution is 2.19. The smallest absolute Gasteiger partial charge is 0.194 e. The second kappa shape index (κ2) is 5.04. The minimum Gasteiger partial charge on any atom is -0.194 e. The average Bonchev–Trinajstić information content (AvgIpc) is 2.34. The van der Waals surface area contributed by atoms with Crippen molar-refractivity contribution in [2.75, 3.05) is 0 Å². The highest BCUT2D eigenvalue weighted by Gasteiger charge is 2.27. The van der Waals surface area contributed by atoms with E-state index in [2.05, 4.69) is 10.2 Å². The Morgan fingerprint density at radius 1 is 1.19 bits per heavy atom. The van der Waals surface area contributed by atoms with E-state index in [0.29, 0.717) is 12.1 Å². The molecule has 0 heterocycles. The maximum Gasteiger partial charge on any atom is 0.252 e. The number of rotatable bonds is 3. The van der Waals surface area contributed by atoms with Crippen molar-refractivity contribution in [3.05, 3.63) is 29.8 Å². The standard InChI is InChI=1S/C12H12N4/c1-3-12(8-13,9-14)16-15-11-6-4-10(2)5-7-11/h4-7H,3H2,1-2H3. The first-order valence-electron chi connectivity index (χ1n) is 4.98. The molecule has 0 aliphatic heterocycles. The maximum absolute atomic E-state index is 8.87. The topological polar surface area (TPSA) is 72.3 Å². The van der Waals surface area contributed by atoms with Crippen molar-refractivity contribution in [1.29, 1.82) is 10.5 Å². The monoisotopic (exact) mass is 212 g/mol. The third kappa shape index (κ3) is 2.65. The van der Waals surface area contributed by atoms with Gasteiger partial charge in [0.05, 0.1) is 5.69 Å². The molecule has 0 aliphatic carbocycles. The van der Waals surface area contributed by atoms with Crippen LogP contribution in [0.2, 0.25) is 0 Å². The molecule has 1 aromatic rings. The molecular weight excluding hydrogens is 200 g/mol. The van der Waals surface area contributed by atoms with Gasteiger partial charge >= 0.3 is 0 Å². The van der Waals surface area contributed by atoms with Crippen molar-refractivity contribution in [1.82, 2.24) is 0 Å². The van der Waals surface area contributed by atoms with E-state index in [4.69, 9.17) is 10.5 Å². The molecule has 0 amide bonds. The zero-order valence-corrected chi connectivity index (χ0v) is 9.31. The van der Waals surface area contributed by atoms with E-state index >= 15 is 0 Å². The second-order valence-electron chi connectivity index (χ2n) is 3.47. The van der Waals surface area contributed by atoms with Crippen molar-refractivity contribution in [2.24, 2.45) is 10.2 Å². The molecule has 16 heavy (non-hydrogen) atoms. The summed E-state index contributed by atoms with van der Waals surface area (Å²) in [4.78, 5) is 0. The molecule has 0 fully saturated rings. The van der Waals surface area contributed by atoms with E-state index in [-0.39, 0.29) is 0 Å². The van der Waals surface area contributed by atoms with Gasteiger partial charge in [0.25, 0.3) is 5.54 Å². The molecule has 0 spiro atoms. The molecule has 0 atom stereocenters. The van der Waals surface area contributed by atoms with E-state index in [1.807, 2.05) is 31.2 Å². The van der Waals surface area contributed by atoms with Crippen molar-refractivity contribution < 1.29 is 0 Å². The Bertz CT molecular complexity index is 445. The summed E-state index contributed by atoms with van der Waals surface area (Å²) in [6.45, 7) is 3.71. The molecule has 4 nitrogen and oxygen atoms in total. The summed E-state index contributed by atoms with van der Waals surface area (Å²) in [7, 11) is 0. The van der Waals surface area contributed by atoms with E-state index in [1.54, 1.807) is 19.1 Å². The zero-order valence-electron chi connectivity index (χ0n) is 9.31. The van der Waals surface area contributed by atoms with Gasteiger partial charge in [-0.2, -0.15) is 20.8 Å². The molecule has 0 bridgehead atoms. The Labute approximate surface area is 94.9 Å². The minimum absolute atomic E-state index is 0.329. The Morgan fingerprint density at radius 3 is 2.19 bits per heavy atom. The van der Waals surface area contributed by atoms with Gasteiger partial charge in [0, 0.05) is 0 Å². The molecule has 80 valence electrons. The lowest BCUT2D eigenvalue weighted by Crippen LogP contribution is -2.19. The summed E-state index contributed by atoms with van der Waals surface area (Å²) in [5.74, 6) is 0. The fourth-order valence-electron chi connectivity index (χ4n) is 1.05. The summed E-state index contributed by atoms with van der Waals surface area (Å²) >= 11 is 0. The molecule has 0 radical (unpaired) electrons. The molecular formula is C12H12N4. The lowest BCUT2D eigenvalue weighted by molar-refractivity contribution is 0.627. The van der Waals surface area contributed by atoms with E-state index in [1.165, 1.54) is 0 Å². The van der Waals surface area contributed by atoms with Crippen LogP contribution in [-0.2, 0) is 0 Å². The van der Waals surface area contributed by atoms with Gasteiger partial charge in [-0.1, -0.05) is 24.6 Å². The maximum atomic E-state index is 8.87. The Kier molecular flexibility index (Phi) is 3.74. The summed E-state index contributed by atoms with van der Waals surface area (Å²) in [5, 5.41) is 25.5. The predicted molar refractivity (Wildman–Crippen MR) is 59.9 cm³/mol. The lowest BCUT2D eigenvalue weighted by Gasteiger charge is -2.07. The summed E-state index contributed by atoms with van der Waals surface area (Å²) in [6.07, 6.45) is 0.329. The highest BCUT2D eigenvalue weighted by atomic mass is 15.1. The van der Waals surface area contributed by atoms with Gasteiger partial charge in [-0.3, -0.25) is 0 Å². The fourth-order valence-corrected chi connectivity index (χ4v) is 1.05. The van der Waals surface area contributed by atoms with Crippen LogP contribution in [0.5, 0.6) is 0 Å². The predicted octanol–water partition coefficient (Wildman–Crippen LogP) is 3.27. The normalized spacial score (nSPS) is 11.0. The molecule has 0 aliphatic rings. The van der Waals surface area contributed by atoms with Crippen molar-refractivity contribution in [2.45, 2.75) is 25.8 Å². The van der Waals surface area contributed by atoms with E-state index < -0.39 is 5.54 Å². The summed E-state index contributed by atoms with van der Waals surface area (Å²) in [5.41, 5.74) is 0.417. The van der Waals surface area contributed by atoms with E-state index in [0.717, 1.165) is 5.56 Å². The number of nitriles is 2. The fraction of sp³-hybridized carbons (Fsp3) is 0.333. The van der Waals surface area contributed by atoms with Crippen molar-refractivity contribution in [3.63, 3.8) is 0 Å². The van der Waals surface area contributed by atoms with Gasteiger partial charge in [0.15, 0.2) is 0 Å². The van der Waals surface area contributed by atoms with Crippen LogP contribution < -0.4 is 0 Å². The van der Waals surface area contributed by atoms with Crippen molar-refractivity contribution >= 4 is 5.69 Å². The van der Waals surface area contributed by atoms with Crippen LogP contribution in [-0.4, -0.2) is 5.54 Å². The minimum atomic E-state index is -1.36. The molecule has 4 heteroatoms. The van der Waals surface area contributed by atoms with Gasteiger partial charge in [-0.15, -0.1) is 0 Å². The zero-order chi connectivity index (χ0) is 12.0. The Balaban J connectivity index is 2.93. The molecule has 1 rings (SSSR count). The number of nitrogens with zero attached hydrogens (tertiary/aromatic N) is 4. The second-order valence-corrected chi connectivity index (χ2v) is 3.47. The summed E-state index contributed by atoms with van der Waals surface area (Å²) < 4.78 is 0. The first-order chi connectivity index (χ1) is 7.65. The average molecular weight is 212 g/mol. The number of hydrogen-bond donors (Lipinski definition) is 0. The van der Waals surface area contributed by atoms with Crippen LogP contribution in [0.25, 0.3) is 0 Å². The van der Waals surface area contributed by atoms with Crippen LogP contribution >= 0.6 is 0 Å².